The molecule has 0 saturated carbocycles. The Morgan fingerprint density at radius 1 is 1.00 bits per heavy atom. The van der Waals surface area contributed by atoms with Crippen molar-refractivity contribution in [2.75, 3.05) is 17.3 Å². The summed E-state index contributed by atoms with van der Waals surface area (Å²) in [6, 6.07) is 13.1. The van der Waals surface area contributed by atoms with Crippen molar-refractivity contribution in [3.05, 3.63) is 68.6 Å². The third kappa shape index (κ3) is 3.74. The van der Waals surface area contributed by atoms with Crippen LogP contribution in [0.4, 0.5) is 5.69 Å². The maximum atomic E-state index is 6.15. The van der Waals surface area contributed by atoms with Gasteiger partial charge in [0.15, 0.2) is 0 Å². The number of nitrogens with zero attached hydrogens (tertiary/aromatic N) is 1. The number of thioether (sulfide) groups is 1. The van der Waals surface area contributed by atoms with Crippen LogP contribution in [0.3, 0.4) is 0 Å². The van der Waals surface area contributed by atoms with E-state index < -0.39 is 0 Å². The second-order valence-corrected chi connectivity index (χ2v) is 11.1. The zero-order valence-electron chi connectivity index (χ0n) is 17.6. The Kier molecular flexibility index (Phi) is 5.08. The van der Waals surface area contributed by atoms with E-state index in [0.717, 1.165) is 17.4 Å². The van der Waals surface area contributed by atoms with E-state index in [0.29, 0.717) is 0 Å². The summed E-state index contributed by atoms with van der Waals surface area (Å²) < 4.78 is 0. The van der Waals surface area contributed by atoms with Crippen LogP contribution in [0, 0.1) is 6.92 Å². The van der Waals surface area contributed by atoms with E-state index >= 15 is 0 Å². The van der Waals surface area contributed by atoms with Crippen LogP contribution in [0.25, 0.3) is 6.08 Å². The molecule has 0 N–H and O–H groups in total. The van der Waals surface area contributed by atoms with Crippen LogP contribution in [0.15, 0.2) is 41.3 Å². The van der Waals surface area contributed by atoms with Crippen molar-refractivity contribution in [2.24, 2.45) is 0 Å². The van der Waals surface area contributed by atoms with Gasteiger partial charge in [-0.1, -0.05) is 57.5 Å². The standard InChI is InChI=1S/C25H30ClNS/c1-17-11-21-22(25(4,5)10-9-24(21,2)3)14-23(17)27-15-20(28-16-27)13-18-7-6-8-19(26)12-18/h6-8,11-14H,9-10,15-16H2,1-5H3. The van der Waals surface area contributed by atoms with Crippen LogP contribution < -0.4 is 4.90 Å². The van der Waals surface area contributed by atoms with Crippen LogP contribution in [-0.4, -0.2) is 12.4 Å². The molecule has 0 radical (unpaired) electrons. The Morgan fingerprint density at radius 2 is 1.68 bits per heavy atom. The van der Waals surface area contributed by atoms with Gasteiger partial charge in [0.2, 0.25) is 0 Å². The van der Waals surface area contributed by atoms with Crippen molar-refractivity contribution in [3.63, 3.8) is 0 Å². The molecule has 2 aromatic carbocycles. The summed E-state index contributed by atoms with van der Waals surface area (Å²) in [4.78, 5) is 3.92. The van der Waals surface area contributed by atoms with Gasteiger partial charge in [-0.3, -0.25) is 0 Å². The van der Waals surface area contributed by atoms with Gasteiger partial charge in [0.05, 0.1) is 5.88 Å². The smallest absolute Gasteiger partial charge is 0.0687 e. The number of hydrogen-bond donors (Lipinski definition) is 0. The highest BCUT2D eigenvalue weighted by atomic mass is 35.5. The quantitative estimate of drug-likeness (QED) is 0.501. The number of fused-ring (bicyclic) bond motifs is 1. The lowest BCUT2D eigenvalue weighted by Crippen LogP contribution is -2.34. The molecule has 1 fully saturated rings. The fourth-order valence-electron chi connectivity index (χ4n) is 4.52. The highest BCUT2D eigenvalue weighted by molar-refractivity contribution is 8.03. The SMILES string of the molecule is Cc1cc2c(cc1N1CSC(=Cc3cccc(Cl)c3)C1)C(C)(C)CCC2(C)C. The first-order valence-corrected chi connectivity index (χ1v) is 11.5. The number of aryl methyl sites for hydroxylation is 1. The molecule has 1 aliphatic heterocycles. The number of rotatable bonds is 2. The molecule has 1 heterocycles. The van der Waals surface area contributed by atoms with E-state index in [1.165, 1.54) is 34.6 Å². The molecule has 0 bridgehead atoms. The molecule has 1 nitrogen and oxygen atoms in total. The normalized spacial score (nSPS) is 21.8. The minimum Gasteiger partial charge on any atom is -0.357 e. The van der Waals surface area contributed by atoms with Gasteiger partial charge in [-0.2, -0.15) is 0 Å². The van der Waals surface area contributed by atoms with Gasteiger partial charge in [-0.25, -0.2) is 0 Å². The topological polar surface area (TPSA) is 3.24 Å². The van der Waals surface area contributed by atoms with Gasteiger partial charge in [0.25, 0.3) is 0 Å². The third-order valence-corrected chi connectivity index (χ3v) is 7.73. The molecule has 28 heavy (non-hydrogen) atoms. The van der Waals surface area contributed by atoms with Gasteiger partial charge in [-0.15, -0.1) is 11.8 Å². The average Bonchev–Trinajstić information content (AvgIpc) is 3.07. The molecule has 3 heteroatoms. The first kappa shape index (κ1) is 19.9. The Morgan fingerprint density at radius 3 is 2.36 bits per heavy atom. The number of halogens is 1. The first-order valence-electron chi connectivity index (χ1n) is 10.2. The second kappa shape index (κ2) is 7.15. The monoisotopic (exact) mass is 411 g/mol. The third-order valence-electron chi connectivity index (χ3n) is 6.44. The van der Waals surface area contributed by atoms with Crippen molar-refractivity contribution in [1.29, 1.82) is 0 Å². The van der Waals surface area contributed by atoms with Crippen molar-refractivity contribution in [1.82, 2.24) is 0 Å². The molecule has 0 aromatic heterocycles. The van der Waals surface area contributed by atoms with Gasteiger partial charge < -0.3 is 4.90 Å². The van der Waals surface area contributed by atoms with E-state index in [-0.39, 0.29) is 10.8 Å². The number of anilines is 1. The molecular weight excluding hydrogens is 382 g/mol. The lowest BCUT2D eigenvalue weighted by Gasteiger charge is -2.42. The maximum Gasteiger partial charge on any atom is 0.0687 e. The molecule has 2 aromatic rings. The fraction of sp³-hybridized carbons (Fsp3) is 0.440. The molecule has 0 spiro atoms. The largest absolute Gasteiger partial charge is 0.357 e. The summed E-state index contributed by atoms with van der Waals surface area (Å²) in [7, 11) is 0. The molecule has 4 rings (SSSR count). The predicted molar refractivity (Wildman–Crippen MR) is 126 cm³/mol. The highest BCUT2D eigenvalue weighted by Crippen LogP contribution is 2.48. The van der Waals surface area contributed by atoms with Gasteiger partial charge in [0, 0.05) is 22.2 Å². The highest BCUT2D eigenvalue weighted by Gasteiger charge is 2.38. The molecule has 0 amide bonds. The maximum absolute atomic E-state index is 6.15. The van der Waals surface area contributed by atoms with E-state index in [4.69, 9.17) is 11.6 Å². The molecule has 1 aliphatic carbocycles. The van der Waals surface area contributed by atoms with E-state index in [1.807, 2.05) is 30.0 Å². The molecule has 1 saturated heterocycles. The lowest BCUT2D eigenvalue weighted by atomic mass is 9.63. The molecule has 2 aliphatic rings. The predicted octanol–water partition coefficient (Wildman–Crippen LogP) is 7.55. The lowest BCUT2D eigenvalue weighted by molar-refractivity contribution is 0.332. The minimum atomic E-state index is 0.250. The first-order chi connectivity index (χ1) is 13.2. The summed E-state index contributed by atoms with van der Waals surface area (Å²) in [5, 5.41) is 0.796. The zero-order chi connectivity index (χ0) is 20.1. The molecule has 148 valence electrons. The van der Waals surface area contributed by atoms with Crippen molar-refractivity contribution in [2.45, 2.75) is 58.3 Å². The number of benzene rings is 2. The van der Waals surface area contributed by atoms with Crippen LogP contribution in [0.2, 0.25) is 5.02 Å². The second-order valence-electron chi connectivity index (χ2n) is 9.59. The summed E-state index contributed by atoms with van der Waals surface area (Å²) in [6.45, 7) is 12.9. The summed E-state index contributed by atoms with van der Waals surface area (Å²) in [5.41, 5.74) is 7.58. The van der Waals surface area contributed by atoms with Gasteiger partial charge in [-0.05, 0) is 77.1 Å². The Bertz CT molecular complexity index is 942. The van der Waals surface area contributed by atoms with E-state index in [9.17, 15) is 0 Å². The van der Waals surface area contributed by atoms with Crippen LogP contribution >= 0.6 is 23.4 Å². The summed E-state index contributed by atoms with van der Waals surface area (Å²) >= 11 is 8.08. The average molecular weight is 412 g/mol. The Balaban J connectivity index is 1.66. The minimum absolute atomic E-state index is 0.250. The van der Waals surface area contributed by atoms with Crippen molar-refractivity contribution in [3.8, 4) is 0 Å². The Labute approximate surface area is 179 Å². The summed E-state index contributed by atoms with van der Waals surface area (Å²) in [5.74, 6) is 1.01. The fourth-order valence-corrected chi connectivity index (χ4v) is 5.73. The van der Waals surface area contributed by atoms with E-state index in [1.54, 1.807) is 11.1 Å². The molecule has 0 atom stereocenters. The Hall–Kier alpha value is -1.38. The van der Waals surface area contributed by atoms with Crippen LogP contribution in [-0.2, 0) is 10.8 Å². The molecular formula is C25H30ClNS. The van der Waals surface area contributed by atoms with Gasteiger partial charge in [0.1, 0.15) is 0 Å². The van der Waals surface area contributed by atoms with E-state index in [2.05, 4.69) is 63.8 Å². The number of hydrogen-bond acceptors (Lipinski definition) is 2. The van der Waals surface area contributed by atoms with Crippen LogP contribution in [0.5, 0.6) is 0 Å². The van der Waals surface area contributed by atoms with Gasteiger partial charge >= 0.3 is 0 Å². The van der Waals surface area contributed by atoms with Crippen LogP contribution in [0.1, 0.15) is 62.8 Å². The van der Waals surface area contributed by atoms with Crippen molar-refractivity contribution >= 4 is 35.1 Å². The summed E-state index contributed by atoms with van der Waals surface area (Å²) in [6.07, 6.45) is 4.79. The zero-order valence-corrected chi connectivity index (χ0v) is 19.2. The molecule has 0 unspecified atom stereocenters. The van der Waals surface area contributed by atoms with Crippen molar-refractivity contribution < 1.29 is 0 Å².